The van der Waals surface area contributed by atoms with Gasteiger partial charge in [-0.2, -0.15) is 0 Å². The van der Waals surface area contributed by atoms with E-state index in [9.17, 15) is 9.90 Å². The number of hydrogen-bond acceptors (Lipinski definition) is 5. The average Bonchev–Trinajstić information content (AvgIpc) is 3.08. The molecule has 2 atom stereocenters. The molecule has 136 valence electrons. The Labute approximate surface area is 153 Å². The molecular formula is C20H23N3O3. The molecule has 2 unspecified atom stereocenters. The quantitative estimate of drug-likeness (QED) is 0.884. The molecule has 0 saturated carbocycles. The van der Waals surface area contributed by atoms with Gasteiger partial charge >= 0.3 is 0 Å². The highest BCUT2D eigenvalue weighted by molar-refractivity contribution is 6.06. The largest absolute Gasteiger partial charge is 0.508 e. The zero-order valence-corrected chi connectivity index (χ0v) is 15.2. The number of hydrogen-bond donors (Lipinski definition) is 2. The molecule has 0 aliphatic carbocycles. The van der Waals surface area contributed by atoms with E-state index in [1.54, 1.807) is 19.2 Å². The summed E-state index contributed by atoms with van der Waals surface area (Å²) in [5.41, 5.74) is 5.18. The number of amides is 1. The highest BCUT2D eigenvalue weighted by Crippen LogP contribution is 2.48. The van der Waals surface area contributed by atoms with Crippen molar-refractivity contribution in [2.75, 3.05) is 42.4 Å². The maximum Gasteiger partial charge on any atom is 0.234 e. The Morgan fingerprint density at radius 1 is 1.19 bits per heavy atom. The molecule has 4 rings (SSSR count). The van der Waals surface area contributed by atoms with Crippen molar-refractivity contribution in [3.05, 3.63) is 47.5 Å². The molecule has 1 amide bonds. The molecule has 2 aromatic rings. The number of aromatic hydroxyl groups is 1. The Morgan fingerprint density at radius 3 is 2.62 bits per heavy atom. The van der Waals surface area contributed by atoms with Crippen LogP contribution >= 0.6 is 0 Å². The first-order valence-corrected chi connectivity index (χ1v) is 8.78. The smallest absolute Gasteiger partial charge is 0.234 e. The Kier molecular flexibility index (Phi) is 4.00. The predicted molar refractivity (Wildman–Crippen MR) is 102 cm³/mol. The van der Waals surface area contributed by atoms with Crippen molar-refractivity contribution in [2.45, 2.75) is 19.0 Å². The van der Waals surface area contributed by atoms with Gasteiger partial charge in [-0.15, -0.1) is 0 Å². The van der Waals surface area contributed by atoms with Crippen LogP contribution in [0.25, 0.3) is 0 Å². The van der Waals surface area contributed by atoms with Gasteiger partial charge in [-0.25, -0.2) is 0 Å². The summed E-state index contributed by atoms with van der Waals surface area (Å²) < 4.78 is 5.16. The first kappa shape index (κ1) is 16.7. The van der Waals surface area contributed by atoms with E-state index in [-0.39, 0.29) is 23.7 Å². The van der Waals surface area contributed by atoms with Gasteiger partial charge < -0.3 is 25.0 Å². The Hall–Kier alpha value is -2.73. The number of benzene rings is 2. The molecule has 6 heteroatoms. The van der Waals surface area contributed by atoms with Crippen LogP contribution in [0.3, 0.4) is 0 Å². The molecule has 0 bridgehead atoms. The molecule has 26 heavy (non-hydrogen) atoms. The summed E-state index contributed by atoms with van der Waals surface area (Å²) in [6.07, 6.45) is -0.00782. The molecule has 2 N–H and O–H groups in total. The third-order valence-electron chi connectivity index (χ3n) is 5.33. The number of anilines is 3. The molecule has 0 radical (unpaired) electrons. The third kappa shape index (κ3) is 2.49. The van der Waals surface area contributed by atoms with Gasteiger partial charge in [-0.05, 0) is 42.3 Å². The number of nitrogens with one attached hydrogen (secondary N) is 1. The first-order valence-electron chi connectivity index (χ1n) is 8.78. The maximum atomic E-state index is 12.6. The summed E-state index contributed by atoms with van der Waals surface area (Å²) in [7, 11) is 3.68. The summed E-state index contributed by atoms with van der Waals surface area (Å²) in [5.74, 6) is 0.234. The van der Waals surface area contributed by atoms with Crippen LogP contribution in [0, 0.1) is 0 Å². The van der Waals surface area contributed by atoms with Gasteiger partial charge in [-0.3, -0.25) is 4.79 Å². The van der Waals surface area contributed by atoms with Gasteiger partial charge in [0.05, 0.1) is 23.9 Å². The van der Waals surface area contributed by atoms with Crippen LogP contribution in [-0.4, -0.2) is 38.3 Å². The standard InChI is InChI=1S/C20H23N3O3/c1-12-15-10-16-18(11-17(15)23(20(12)25)8-9-26-3)22(2)19(21-16)13-4-6-14(24)7-5-13/h4-7,10-12,19,21,24H,8-9H2,1-3H3. The van der Waals surface area contributed by atoms with Gasteiger partial charge in [-0.1, -0.05) is 12.1 Å². The summed E-state index contributed by atoms with van der Waals surface area (Å²) >= 11 is 0. The van der Waals surface area contributed by atoms with Gasteiger partial charge in [0, 0.05) is 26.4 Å². The number of carbonyl (C=O) groups is 1. The van der Waals surface area contributed by atoms with Crippen LogP contribution in [0.5, 0.6) is 5.75 Å². The van der Waals surface area contributed by atoms with Crippen molar-refractivity contribution in [1.82, 2.24) is 0 Å². The van der Waals surface area contributed by atoms with Gasteiger partial charge in [0.1, 0.15) is 11.9 Å². The average molecular weight is 353 g/mol. The number of fused-ring (bicyclic) bond motifs is 2. The van der Waals surface area contributed by atoms with Gasteiger partial charge in [0.15, 0.2) is 0 Å². The second-order valence-corrected chi connectivity index (χ2v) is 6.88. The number of nitrogens with zero attached hydrogens (tertiary/aromatic N) is 2. The summed E-state index contributed by atoms with van der Waals surface area (Å²) in [4.78, 5) is 16.6. The van der Waals surface area contributed by atoms with Crippen LogP contribution in [0.1, 0.15) is 30.1 Å². The van der Waals surface area contributed by atoms with Crippen LogP contribution in [0.2, 0.25) is 0 Å². The molecule has 2 aliphatic rings. The molecule has 2 aromatic carbocycles. The number of ether oxygens (including phenoxy) is 1. The van der Waals surface area contributed by atoms with Crippen molar-refractivity contribution >= 4 is 23.0 Å². The van der Waals surface area contributed by atoms with E-state index >= 15 is 0 Å². The minimum atomic E-state index is -0.146. The zero-order valence-electron chi connectivity index (χ0n) is 15.2. The van der Waals surface area contributed by atoms with E-state index in [4.69, 9.17) is 4.74 Å². The van der Waals surface area contributed by atoms with E-state index in [0.29, 0.717) is 13.2 Å². The maximum absolute atomic E-state index is 12.6. The SMILES string of the molecule is COCCN1C(=O)C(C)c2cc3c(cc21)N(C)C(c1ccc(O)cc1)N3. The van der Waals surface area contributed by atoms with Gasteiger partial charge in [0.2, 0.25) is 5.91 Å². The van der Waals surface area contributed by atoms with Crippen molar-refractivity contribution in [3.8, 4) is 5.75 Å². The fourth-order valence-electron chi connectivity index (χ4n) is 3.83. The fraction of sp³-hybridized carbons (Fsp3) is 0.350. The highest BCUT2D eigenvalue weighted by atomic mass is 16.5. The predicted octanol–water partition coefficient (Wildman–Crippen LogP) is 3.05. The van der Waals surface area contributed by atoms with Crippen LogP contribution in [0.4, 0.5) is 17.1 Å². The fourth-order valence-corrected chi connectivity index (χ4v) is 3.83. The minimum absolute atomic E-state index is 0.00782. The monoisotopic (exact) mass is 353 g/mol. The molecule has 0 fully saturated rings. The van der Waals surface area contributed by atoms with E-state index in [0.717, 1.165) is 28.2 Å². The third-order valence-corrected chi connectivity index (χ3v) is 5.33. The molecule has 0 aromatic heterocycles. The Bertz CT molecular complexity index is 850. The number of carbonyl (C=O) groups excluding carboxylic acids is 1. The number of phenols is 1. The van der Waals surface area contributed by atoms with Gasteiger partial charge in [0.25, 0.3) is 0 Å². The highest BCUT2D eigenvalue weighted by Gasteiger charge is 2.37. The topological polar surface area (TPSA) is 65.0 Å². The molecule has 2 heterocycles. The Balaban J connectivity index is 1.69. The zero-order chi connectivity index (χ0) is 18.4. The molecule has 6 nitrogen and oxygen atoms in total. The van der Waals surface area contributed by atoms with Crippen LogP contribution in [0.15, 0.2) is 36.4 Å². The Morgan fingerprint density at radius 2 is 1.92 bits per heavy atom. The van der Waals surface area contributed by atoms with Crippen molar-refractivity contribution in [1.29, 1.82) is 0 Å². The summed E-state index contributed by atoms with van der Waals surface area (Å²) in [6, 6.07) is 11.4. The molecular weight excluding hydrogens is 330 g/mol. The lowest BCUT2D eigenvalue weighted by Gasteiger charge is -2.23. The lowest BCUT2D eigenvalue weighted by atomic mass is 10.0. The van der Waals surface area contributed by atoms with Crippen molar-refractivity contribution in [3.63, 3.8) is 0 Å². The van der Waals surface area contributed by atoms with Crippen LogP contribution in [-0.2, 0) is 9.53 Å². The van der Waals surface area contributed by atoms with E-state index in [1.165, 1.54) is 0 Å². The van der Waals surface area contributed by atoms with E-state index < -0.39 is 0 Å². The van der Waals surface area contributed by atoms with Crippen molar-refractivity contribution in [2.24, 2.45) is 0 Å². The number of methoxy groups -OCH3 is 1. The second-order valence-electron chi connectivity index (χ2n) is 6.88. The number of phenolic OH excluding ortho intramolecular Hbond substituents is 1. The lowest BCUT2D eigenvalue weighted by Crippen LogP contribution is -2.31. The van der Waals surface area contributed by atoms with Crippen molar-refractivity contribution < 1.29 is 14.6 Å². The lowest BCUT2D eigenvalue weighted by molar-refractivity contribution is -0.119. The van der Waals surface area contributed by atoms with E-state index in [1.807, 2.05) is 31.0 Å². The molecule has 2 aliphatic heterocycles. The van der Waals surface area contributed by atoms with Crippen LogP contribution < -0.4 is 15.1 Å². The molecule has 0 spiro atoms. The summed E-state index contributed by atoms with van der Waals surface area (Å²) in [5, 5.41) is 13.1. The van der Waals surface area contributed by atoms with E-state index in [2.05, 4.69) is 22.3 Å². The second kappa shape index (κ2) is 6.21. The first-order chi connectivity index (χ1) is 12.5. The normalized spacial score (nSPS) is 21.0. The molecule has 0 saturated heterocycles. The number of rotatable bonds is 4. The summed E-state index contributed by atoms with van der Waals surface area (Å²) in [6.45, 7) is 3.03. The minimum Gasteiger partial charge on any atom is -0.508 e.